The number of nitrogens with one attached hydrogen (secondary N) is 1. The average Bonchev–Trinajstić information content (AvgIpc) is 2.91. The van der Waals surface area contributed by atoms with Crippen molar-refractivity contribution in [3.8, 4) is 0 Å². The molecule has 0 radical (unpaired) electrons. The number of anilines is 2. The van der Waals surface area contributed by atoms with Gasteiger partial charge in [0.25, 0.3) is 0 Å². The molecule has 1 aromatic carbocycles. The smallest absolute Gasteiger partial charge is 0.124 e. The molecule has 2 aromatic heterocycles. The van der Waals surface area contributed by atoms with E-state index in [1.807, 2.05) is 30.3 Å². The van der Waals surface area contributed by atoms with Gasteiger partial charge in [-0.2, -0.15) is 0 Å². The van der Waals surface area contributed by atoms with Crippen LogP contribution in [0.1, 0.15) is 5.69 Å². The summed E-state index contributed by atoms with van der Waals surface area (Å²) in [7, 11) is 0. The van der Waals surface area contributed by atoms with Gasteiger partial charge in [-0.25, -0.2) is 0 Å². The second-order valence-electron chi connectivity index (χ2n) is 3.95. The fourth-order valence-corrected chi connectivity index (χ4v) is 1.86. The van der Waals surface area contributed by atoms with Crippen LogP contribution in [0.3, 0.4) is 0 Å². The van der Waals surface area contributed by atoms with Crippen LogP contribution in [0.4, 0.5) is 11.4 Å². The SMILES string of the molecule is Nc1cnc2ccccc2c1NCc1ccon1. The Labute approximate surface area is 104 Å². The van der Waals surface area contributed by atoms with Crippen molar-refractivity contribution < 1.29 is 4.52 Å². The van der Waals surface area contributed by atoms with Crippen LogP contribution < -0.4 is 11.1 Å². The van der Waals surface area contributed by atoms with Crippen LogP contribution in [0.2, 0.25) is 0 Å². The summed E-state index contributed by atoms with van der Waals surface area (Å²) in [5.41, 5.74) is 9.20. The van der Waals surface area contributed by atoms with Gasteiger partial charge in [-0.05, 0) is 6.07 Å². The fraction of sp³-hybridized carbons (Fsp3) is 0.0769. The van der Waals surface area contributed by atoms with E-state index in [2.05, 4.69) is 15.5 Å². The number of fused-ring (bicyclic) bond motifs is 1. The van der Waals surface area contributed by atoms with Gasteiger partial charge < -0.3 is 15.6 Å². The number of rotatable bonds is 3. The first-order chi connectivity index (χ1) is 8.84. The first-order valence-electron chi connectivity index (χ1n) is 5.61. The average molecular weight is 240 g/mol. The normalized spacial score (nSPS) is 10.7. The molecule has 0 unspecified atom stereocenters. The van der Waals surface area contributed by atoms with Crippen LogP contribution >= 0.6 is 0 Å². The van der Waals surface area contributed by atoms with Crippen molar-refractivity contribution in [2.24, 2.45) is 0 Å². The van der Waals surface area contributed by atoms with E-state index in [1.54, 1.807) is 12.5 Å². The topological polar surface area (TPSA) is 77.0 Å². The van der Waals surface area contributed by atoms with Crippen LogP contribution in [-0.4, -0.2) is 10.1 Å². The van der Waals surface area contributed by atoms with E-state index in [1.165, 1.54) is 0 Å². The Hall–Kier alpha value is -2.56. The van der Waals surface area contributed by atoms with Gasteiger partial charge in [-0.15, -0.1) is 0 Å². The third-order valence-electron chi connectivity index (χ3n) is 2.74. The standard InChI is InChI=1S/C13H12N4O/c14-11-8-15-12-4-2-1-3-10(12)13(11)16-7-9-5-6-18-17-9/h1-6,8H,7,14H2,(H,15,16). The number of pyridine rings is 1. The molecule has 0 bridgehead atoms. The number of hydrogen-bond donors (Lipinski definition) is 2. The predicted octanol–water partition coefficient (Wildman–Crippen LogP) is 2.42. The van der Waals surface area contributed by atoms with Gasteiger partial charge in [-0.1, -0.05) is 23.4 Å². The summed E-state index contributed by atoms with van der Waals surface area (Å²) >= 11 is 0. The first kappa shape index (κ1) is 10.6. The van der Waals surface area contributed by atoms with Crippen LogP contribution in [0.15, 0.2) is 47.3 Å². The molecule has 5 heteroatoms. The molecule has 0 aliphatic heterocycles. The molecule has 18 heavy (non-hydrogen) atoms. The van der Waals surface area contributed by atoms with Gasteiger partial charge in [0.15, 0.2) is 0 Å². The van der Waals surface area contributed by atoms with Crippen molar-refractivity contribution in [1.29, 1.82) is 0 Å². The third-order valence-corrected chi connectivity index (χ3v) is 2.74. The highest BCUT2D eigenvalue weighted by Gasteiger charge is 2.06. The lowest BCUT2D eigenvalue weighted by atomic mass is 10.1. The molecule has 0 fully saturated rings. The predicted molar refractivity (Wildman–Crippen MR) is 70.0 cm³/mol. The van der Waals surface area contributed by atoms with Gasteiger partial charge in [0.05, 0.1) is 29.6 Å². The van der Waals surface area contributed by atoms with Crippen LogP contribution in [0.5, 0.6) is 0 Å². The minimum Gasteiger partial charge on any atom is -0.396 e. The van der Waals surface area contributed by atoms with E-state index >= 15 is 0 Å². The van der Waals surface area contributed by atoms with Crippen LogP contribution in [0.25, 0.3) is 10.9 Å². The minimum absolute atomic E-state index is 0.564. The molecule has 90 valence electrons. The molecular formula is C13H12N4O. The van der Waals surface area contributed by atoms with Crippen molar-refractivity contribution in [2.75, 3.05) is 11.1 Å². The number of nitrogen functional groups attached to an aromatic ring is 1. The maximum absolute atomic E-state index is 5.96. The lowest BCUT2D eigenvalue weighted by Crippen LogP contribution is -2.04. The number of nitrogens with two attached hydrogens (primary N) is 1. The summed E-state index contributed by atoms with van der Waals surface area (Å²) in [6, 6.07) is 9.67. The number of hydrogen-bond acceptors (Lipinski definition) is 5. The molecule has 0 atom stereocenters. The number of aromatic nitrogens is 2. The first-order valence-corrected chi connectivity index (χ1v) is 5.61. The molecule has 3 rings (SSSR count). The lowest BCUT2D eigenvalue weighted by molar-refractivity contribution is 0.412. The largest absolute Gasteiger partial charge is 0.396 e. The molecule has 0 saturated heterocycles. The highest BCUT2D eigenvalue weighted by atomic mass is 16.5. The zero-order chi connectivity index (χ0) is 12.4. The maximum Gasteiger partial charge on any atom is 0.124 e. The van der Waals surface area contributed by atoms with E-state index < -0.39 is 0 Å². The molecule has 0 aliphatic carbocycles. The summed E-state index contributed by atoms with van der Waals surface area (Å²) in [5.74, 6) is 0. The van der Waals surface area contributed by atoms with Gasteiger partial charge in [-0.3, -0.25) is 4.98 Å². The number of nitrogens with zero attached hydrogens (tertiary/aromatic N) is 2. The third kappa shape index (κ3) is 1.86. The van der Waals surface area contributed by atoms with E-state index in [-0.39, 0.29) is 0 Å². The molecule has 3 N–H and O–H groups in total. The van der Waals surface area contributed by atoms with Gasteiger partial charge in [0.1, 0.15) is 12.0 Å². The molecule has 3 aromatic rings. The number of benzene rings is 1. The highest BCUT2D eigenvalue weighted by Crippen LogP contribution is 2.27. The highest BCUT2D eigenvalue weighted by molar-refractivity contribution is 5.96. The Bertz CT molecular complexity index is 664. The molecule has 0 spiro atoms. The molecular weight excluding hydrogens is 228 g/mol. The Kier molecular flexibility index (Phi) is 2.57. The zero-order valence-corrected chi connectivity index (χ0v) is 9.63. The summed E-state index contributed by atoms with van der Waals surface area (Å²) in [6.45, 7) is 0.564. The Balaban J connectivity index is 1.97. The van der Waals surface area contributed by atoms with Gasteiger partial charge >= 0.3 is 0 Å². The fourth-order valence-electron chi connectivity index (χ4n) is 1.86. The van der Waals surface area contributed by atoms with Crippen molar-refractivity contribution >= 4 is 22.3 Å². The molecule has 5 nitrogen and oxygen atoms in total. The minimum atomic E-state index is 0.564. The Morgan fingerprint density at radius 2 is 2.11 bits per heavy atom. The van der Waals surface area contributed by atoms with E-state index in [4.69, 9.17) is 10.3 Å². The van der Waals surface area contributed by atoms with Crippen molar-refractivity contribution in [1.82, 2.24) is 10.1 Å². The van der Waals surface area contributed by atoms with E-state index in [9.17, 15) is 0 Å². The van der Waals surface area contributed by atoms with Crippen molar-refractivity contribution in [3.05, 3.63) is 48.5 Å². The monoisotopic (exact) mass is 240 g/mol. The summed E-state index contributed by atoms with van der Waals surface area (Å²) in [5, 5.41) is 8.12. The van der Waals surface area contributed by atoms with Crippen molar-refractivity contribution in [2.45, 2.75) is 6.54 Å². The van der Waals surface area contributed by atoms with Crippen LogP contribution in [0, 0.1) is 0 Å². The second kappa shape index (κ2) is 4.37. The maximum atomic E-state index is 5.96. The zero-order valence-electron chi connectivity index (χ0n) is 9.63. The molecule has 0 saturated carbocycles. The van der Waals surface area contributed by atoms with E-state index in [0.717, 1.165) is 22.3 Å². The second-order valence-corrected chi connectivity index (χ2v) is 3.95. The molecule has 2 heterocycles. The lowest BCUT2D eigenvalue weighted by Gasteiger charge is -2.10. The van der Waals surface area contributed by atoms with Gasteiger partial charge in [0, 0.05) is 11.5 Å². The number of para-hydroxylation sites is 1. The Morgan fingerprint density at radius 3 is 2.94 bits per heavy atom. The summed E-state index contributed by atoms with van der Waals surface area (Å²) in [4.78, 5) is 4.29. The molecule has 0 aliphatic rings. The quantitative estimate of drug-likeness (QED) is 0.735. The summed E-state index contributed by atoms with van der Waals surface area (Å²) in [6.07, 6.45) is 3.21. The van der Waals surface area contributed by atoms with Crippen LogP contribution in [-0.2, 0) is 6.54 Å². The van der Waals surface area contributed by atoms with Gasteiger partial charge in [0.2, 0.25) is 0 Å². The van der Waals surface area contributed by atoms with Crippen molar-refractivity contribution in [3.63, 3.8) is 0 Å². The summed E-state index contributed by atoms with van der Waals surface area (Å²) < 4.78 is 4.79. The van der Waals surface area contributed by atoms with E-state index in [0.29, 0.717) is 12.2 Å². The Morgan fingerprint density at radius 1 is 1.22 bits per heavy atom. The molecule has 0 amide bonds.